The highest BCUT2D eigenvalue weighted by molar-refractivity contribution is 7.98. The number of aromatic nitrogens is 2. The maximum atomic E-state index is 4.78. The zero-order valence-electron chi connectivity index (χ0n) is 12.0. The van der Waals surface area contributed by atoms with Crippen molar-refractivity contribution in [3.63, 3.8) is 0 Å². The second-order valence-electron chi connectivity index (χ2n) is 4.71. The van der Waals surface area contributed by atoms with Crippen LogP contribution in [0.3, 0.4) is 0 Å². The zero-order chi connectivity index (χ0) is 13.8. The molecule has 2 aromatic heterocycles. The summed E-state index contributed by atoms with van der Waals surface area (Å²) < 4.78 is 2.19. The monoisotopic (exact) mass is 298 g/mol. The van der Waals surface area contributed by atoms with Crippen molar-refractivity contribution in [2.45, 2.75) is 25.9 Å². The van der Waals surface area contributed by atoms with E-state index in [0.717, 1.165) is 17.3 Å². The van der Waals surface area contributed by atoms with Crippen LogP contribution in [0.2, 0.25) is 0 Å². The smallest absolute Gasteiger partial charge is 0.195 e. The number of anilines is 1. The Morgan fingerprint density at radius 2 is 2.37 bits per heavy atom. The molecule has 0 radical (unpaired) electrons. The van der Waals surface area contributed by atoms with Gasteiger partial charge in [-0.05, 0) is 32.4 Å². The van der Waals surface area contributed by atoms with Crippen molar-refractivity contribution in [2.75, 3.05) is 31.0 Å². The van der Waals surface area contributed by atoms with Crippen molar-refractivity contribution in [3.8, 4) is 0 Å². The van der Waals surface area contributed by atoms with Gasteiger partial charge in [0.1, 0.15) is 0 Å². The topological polar surface area (TPSA) is 32.6 Å². The average molecular weight is 298 g/mol. The summed E-state index contributed by atoms with van der Waals surface area (Å²) in [6.07, 6.45) is 5.44. The summed E-state index contributed by atoms with van der Waals surface area (Å²) in [6, 6.07) is 0.507. The van der Waals surface area contributed by atoms with E-state index in [1.54, 1.807) is 11.3 Å². The van der Waals surface area contributed by atoms with Gasteiger partial charge in [-0.15, -0.1) is 11.3 Å². The van der Waals surface area contributed by atoms with Crippen LogP contribution in [-0.2, 0) is 6.54 Å². The first kappa shape index (κ1) is 14.7. The fourth-order valence-electron chi connectivity index (χ4n) is 2.13. The maximum absolute atomic E-state index is 4.78. The lowest BCUT2D eigenvalue weighted by Gasteiger charge is -2.25. The molecule has 0 amide bonds. The quantitative estimate of drug-likeness (QED) is 0.852. The number of nitrogens with zero attached hydrogens (tertiary/aromatic N) is 3. The lowest BCUT2D eigenvalue weighted by Crippen LogP contribution is -2.31. The number of thioether (sulfide) groups is 1. The average Bonchev–Trinajstić information content (AvgIpc) is 2.98. The van der Waals surface area contributed by atoms with Gasteiger partial charge in [-0.3, -0.25) is 4.40 Å². The molecule has 0 bridgehead atoms. The molecule has 1 unspecified atom stereocenters. The maximum Gasteiger partial charge on any atom is 0.195 e. The Labute approximate surface area is 123 Å². The third-order valence-electron chi connectivity index (χ3n) is 3.42. The number of hydrogen-bond acceptors (Lipinski definition) is 5. The molecule has 0 fully saturated rings. The number of rotatable bonds is 7. The van der Waals surface area contributed by atoms with Crippen LogP contribution in [0.25, 0.3) is 4.96 Å². The molecular weight excluding hydrogens is 276 g/mol. The lowest BCUT2D eigenvalue weighted by atomic mass is 10.2. The summed E-state index contributed by atoms with van der Waals surface area (Å²) in [6.45, 7) is 3.11. The van der Waals surface area contributed by atoms with Crippen LogP contribution < -0.4 is 10.2 Å². The zero-order valence-corrected chi connectivity index (χ0v) is 13.6. The van der Waals surface area contributed by atoms with E-state index in [4.69, 9.17) is 4.98 Å². The molecule has 0 aliphatic heterocycles. The molecule has 2 aromatic rings. The number of fused-ring (bicyclic) bond motifs is 1. The minimum atomic E-state index is 0.507. The number of hydrogen-bond donors (Lipinski definition) is 1. The predicted molar refractivity (Wildman–Crippen MR) is 86.7 cm³/mol. The van der Waals surface area contributed by atoms with Crippen LogP contribution in [0, 0.1) is 0 Å². The second-order valence-corrected chi connectivity index (χ2v) is 6.57. The standard InChI is InChI=1S/C13H22N4S2/c1-10(5-7-18-4)16(3)12-11(9-14-2)17-6-8-19-13(17)15-12/h6,8,10,14H,5,7,9H2,1-4H3. The summed E-state index contributed by atoms with van der Waals surface area (Å²) in [4.78, 5) is 8.16. The van der Waals surface area contributed by atoms with Crippen molar-refractivity contribution in [1.29, 1.82) is 0 Å². The van der Waals surface area contributed by atoms with Gasteiger partial charge in [-0.1, -0.05) is 0 Å². The Kier molecular flexibility index (Phi) is 5.13. The van der Waals surface area contributed by atoms with Gasteiger partial charge in [0.25, 0.3) is 0 Å². The molecule has 0 aliphatic carbocycles. The van der Waals surface area contributed by atoms with E-state index in [1.807, 2.05) is 18.8 Å². The number of thiazole rings is 1. The molecule has 6 heteroatoms. The molecule has 0 saturated carbocycles. The Bertz CT molecular complexity index is 520. The first-order valence-corrected chi connectivity index (χ1v) is 8.77. The third kappa shape index (κ3) is 3.07. The highest BCUT2D eigenvalue weighted by Crippen LogP contribution is 2.26. The summed E-state index contributed by atoms with van der Waals surface area (Å²) >= 11 is 3.59. The molecular formula is C13H22N4S2. The van der Waals surface area contributed by atoms with Gasteiger partial charge in [0.05, 0.1) is 5.69 Å². The molecule has 4 nitrogen and oxygen atoms in total. The normalized spacial score (nSPS) is 13.1. The minimum absolute atomic E-state index is 0.507. The van der Waals surface area contributed by atoms with Gasteiger partial charge in [-0.2, -0.15) is 11.8 Å². The van der Waals surface area contributed by atoms with E-state index in [1.165, 1.54) is 17.9 Å². The molecule has 2 rings (SSSR count). The predicted octanol–water partition coefficient (Wildman–Crippen LogP) is 2.69. The number of nitrogens with one attached hydrogen (secondary N) is 1. The Morgan fingerprint density at radius 3 is 3.05 bits per heavy atom. The summed E-state index contributed by atoms with van der Waals surface area (Å²) in [5, 5.41) is 5.33. The third-order valence-corrected chi connectivity index (χ3v) is 4.82. The van der Waals surface area contributed by atoms with Crippen LogP contribution in [0.5, 0.6) is 0 Å². The first-order valence-electron chi connectivity index (χ1n) is 6.49. The van der Waals surface area contributed by atoms with Crippen molar-refractivity contribution < 1.29 is 0 Å². The lowest BCUT2D eigenvalue weighted by molar-refractivity contribution is 0.656. The highest BCUT2D eigenvalue weighted by atomic mass is 32.2. The summed E-state index contributed by atoms with van der Waals surface area (Å²) in [5.74, 6) is 2.30. The fraction of sp³-hybridized carbons (Fsp3) is 0.615. The van der Waals surface area contributed by atoms with Crippen LogP contribution in [0.4, 0.5) is 5.82 Å². The second kappa shape index (κ2) is 6.63. The minimum Gasteiger partial charge on any atom is -0.355 e. The van der Waals surface area contributed by atoms with Gasteiger partial charge in [0.2, 0.25) is 0 Å². The van der Waals surface area contributed by atoms with Crippen LogP contribution in [-0.4, -0.2) is 41.5 Å². The van der Waals surface area contributed by atoms with Crippen molar-refractivity contribution in [3.05, 3.63) is 17.3 Å². The van der Waals surface area contributed by atoms with Crippen LogP contribution in [0.1, 0.15) is 19.0 Å². The molecule has 19 heavy (non-hydrogen) atoms. The molecule has 2 heterocycles. The molecule has 0 saturated heterocycles. The van der Waals surface area contributed by atoms with Gasteiger partial charge in [-0.25, -0.2) is 4.98 Å². The molecule has 1 atom stereocenters. The Hall–Kier alpha value is -0.720. The van der Waals surface area contributed by atoms with Gasteiger partial charge in [0, 0.05) is 31.2 Å². The molecule has 106 valence electrons. The van der Waals surface area contributed by atoms with E-state index in [0.29, 0.717) is 6.04 Å². The molecule has 0 spiro atoms. The largest absolute Gasteiger partial charge is 0.355 e. The van der Waals surface area contributed by atoms with Gasteiger partial charge < -0.3 is 10.2 Å². The first-order chi connectivity index (χ1) is 9.19. The van der Waals surface area contributed by atoms with E-state index < -0.39 is 0 Å². The van der Waals surface area contributed by atoms with E-state index >= 15 is 0 Å². The van der Waals surface area contributed by atoms with Crippen molar-refractivity contribution in [1.82, 2.24) is 14.7 Å². The number of imidazole rings is 1. The molecule has 0 aromatic carbocycles. The van der Waals surface area contributed by atoms with Crippen molar-refractivity contribution >= 4 is 33.9 Å². The summed E-state index contributed by atoms with van der Waals surface area (Å²) in [7, 11) is 4.13. The fourth-order valence-corrected chi connectivity index (χ4v) is 3.43. The van der Waals surface area contributed by atoms with Gasteiger partial charge in [0.15, 0.2) is 10.8 Å². The van der Waals surface area contributed by atoms with Crippen LogP contribution in [0.15, 0.2) is 11.6 Å². The SMILES string of the molecule is CNCc1c(N(C)C(C)CCSC)nc2sccn12. The van der Waals surface area contributed by atoms with Crippen molar-refractivity contribution in [2.24, 2.45) is 0 Å². The molecule has 0 aliphatic rings. The van der Waals surface area contributed by atoms with E-state index in [2.05, 4.69) is 46.4 Å². The van der Waals surface area contributed by atoms with E-state index in [9.17, 15) is 0 Å². The Morgan fingerprint density at radius 1 is 1.58 bits per heavy atom. The Balaban J connectivity index is 2.26. The van der Waals surface area contributed by atoms with Crippen LogP contribution >= 0.6 is 23.1 Å². The highest BCUT2D eigenvalue weighted by Gasteiger charge is 2.19. The summed E-state index contributed by atoms with van der Waals surface area (Å²) in [5.41, 5.74) is 1.25. The van der Waals surface area contributed by atoms with E-state index in [-0.39, 0.29) is 0 Å². The molecule has 1 N–H and O–H groups in total. The van der Waals surface area contributed by atoms with Gasteiger partial charge >= 0.3 is 0 Å².